The minimum atomic E-state index is -0.434. The first-order valence-corrected chi connectivity index (χ1v) is 6.55. The fourth-order valence-electron chi connectivity index (χ4n) is 2.18. The van der Waals surface area contributed by atoms with Crippen molar-refractivity contribution in [1.29, 1.82) is 0 Å². The second kappa shape index (κ2) is 6.52. The number of nitrogens with zero attached hydrogens (tertiary/aromatic N) is 2. The lowest BCUT2D eigenvalue weighted by atomic mass is 10.0. The van der Waals surface area contributed by atoms with Crippen LogP contribution in [0, 0.1) is 16.0 Å². The number of nitro groups is 1. The predicted molar refractivity (Wildman–Crippen MR) is 77.9 cm³/mol. The molecule has 1 unspecified atom stereocenters. The van der Waals surface area contributed by atoms with E-state index < -0.39 is 4.92 Å². The summed E-state index contributed by atoms with van der Waals surface area (Å²) in [5.41, 5.74) is 6.94. The molecule has 0 amide bonds. The average Bonchev–Trinajstić information content (AvgIpc) is 2.30. The van der Waals surface area contributed by atoms with Gasteiger partial charge in [-0.1, -0.05) is 26.0 Å². The molecular weight excluding hydrogens is 242 g/mol. The Morgan fingerprint density at radius 2 is 2.00 bits per heavy atom. The second-order valence-electron chi connectivity index (χ2n) is 5.50. The van der Waals surface area contributed by atoms with E-state index in [1.165, 1.54) is 6.07 Å². The highest BCUT2D eigenvalue weighted by molar-refractivity contribution is 5.62. The normalized spacial score (nSPS) is 12.9. The van der Waals surface area contributed by atoms with Crippen molar-refractivity contribution in [1.82, 2.24) is 4.90 Å². The van der Waals surface area contributed by atoms with Crippen LogP contribution in [0.4, 0.5) is 11.4 Å². The molecule has 5 nitrogen and oxygen atoms in total. The van der Waals surface area contributed by atoms with Gasteiger partial charge in [-0.05, 0) is 31.9 Å². The molecule has 0 heterocycles. The molecule has 1 atom stereocenters. The summed E-state index contributed by atoms with van der Waals surface area (Å²) in [7, 11) is 2.02. The lowest BCUT2D eigenvalue weighted by molar-refractivity contribution is -0.384. The standard InChI is InChI=1S/C14H23N3O2/c1-10(2)8-11(3)16(4)9-12-6-5-7-13(14(12)15)17(18)19/h5-7,10-11H,8-9,15H2,1-4H3. The number of anilines is 1. The summed E-state index contributed by atoms with van der Waals surface area (Å²) in [6, 6.07) is 5.39. The quantitative estimate of drug-likeness (QED) is 0.487. The van der Waals surface area contributed by atoms with Gasteiger partial charge in [0.2, 0.25) is 0 Å². The summed E-state index contributed by atoms with van der Waals surface area (Å²) in [5, 5.41) is 10.9. The number of hydrogen-bond acceptors (Lipinski definition) is 4. The number of nitrogen functional groups attached to an aromatic ring is 1. The summed E-state index contributed by atoms with van der Waals surface area (Å²) in [6.07, 6.45) is 1.09. The van der Waals surface area contributed by atoms with E-state index in [4.69, 9.17) is 5.73 Å². The van der Waals surface area contributed by atoms with Crippen LogP contribution in [-0.4, -0.2) is 22.9 Å². The highest BCUT2D eigenvalue weighted by atomic mass is 16.6. The van der Waals surface area contributed by atoms with Crippen molar-refractivity contribution in [2.75, 3.05) is 12.8 Å². The second-order valence-corrected chi connectivity index (χ2v) is 5.50. The van der Waals surface area contributed by atoms with Crippen LogP contribution in [-0.2, 0) is 6.54 Å². The van der Waals surface area contributed by atoms with Gasteiger partial charge < -0.3 is 5.73 Å². The smallest absolute Gasteiger partial charge is 0.292 e. The third-order valence-electron chi connectivity index (χ3n) is 3.35. The van der Waals surface area contributed by atoms with Gasteiger partial charge in [-0.15, -0.1) is 0 Å². The Morgan fingerprint density at radius 3 is 2.53 bits per heavy atom. The Balaban J connectivity index is 2.82. The van der Waals surface area contributed by atoms with Gasteiger partial charge in [-0.25, -0.2) is 0 Å². The highest BCUT2D eigenvalue weighted by Crippen LogP contribution is 2.26. The van der Waals surface area contributed by atoms with Crippen LogP contribution >= 0.6 is 0 Å². The third-order valence-corrected chi connectivity index (χ3v) is 3.35. The molecule has 0 aliphatic rings. The van der Waals surface area contributed by atoms with Crippen LogP contribution in [0.1, 0.15) is 32.8 Å². The van der Waals surface area contributed by atoms with Crippen molar-refractivity contribution in [3.63, 3.8) is 0 Å². The van der Waals surface area contributed by atoms with Crippen LogP contribution in [0.2, 0.25) is 0 Å². The Bertz CT molecular complexity index is 446. The number of hydrogen-bond donors (Lipinski definition) is 1. The molecule has 0 saturated carbocycles. The maximum atomic E-state index is 10.9. The van der Waals surface area contributed by atoms with E-state index in [1.807, 2.05) is 13.1 Å². The van der Waals surface area contributed by atoms with E-state index in [0.717, 1.165) is 12.0 Å². The predicted octanol–water partition coefficient (Wildman–Crippen LogP) is 3.04. The Kier molecular flexibility index (Phi) is 5.30. The van der Waals surface area contributed by atoms with E-state index in [1.54, 1.807) is 6.07 Å². The van der Waals surface area contributed by atoms with Gasteiger partial charge in [-0.3, -0.25) is 15.0 Å². The van der Waals surface area contributed by atoms with E-state index >= 15 is 0 Å². The molecule has 1 aromatic rings. The topological polar surface area (TPSA) is 72.4 Å². The molecule has 0 bridgehead atoms. The maximum Gasteiger partial charge on any atom is 0.292 e. The Hall–Kier alpha value is -1.62. The fraction of sp³-hybridized carbons (Fsp3) is 0.571. The van der Waals surface area contributed by atoms with Gasteiger partial charge in [-0.2, -0.15) is 0 Å². The minimum Gasteiger partial charge on any atom is -0.393 e. The van der Waals surface area contributed by atoms with E-state index in [0.29, 0.717) is 18.5 Å². The van der Waals surface area contributed by atoms with Crippen molar-refractivity contribution >= 4 is 11.4 Å². The molecule has 19 heavy (non-hydrogen) atoms. The van der Waals surface area contributed by atoms with Gasteiger partial charge >= 0.3 is 0 Å². The van der Waals surface area contributed by atoms with Crippen molar-refractivity contribution in [2.45, 2.75) is 39.8 Å². The van der Waals surface area contributed by atoms with Crippen LogP contribution in [0.3, 0.4) is 0 Å². The zero-order valence-electron chi connectivity index (χ0n) is 12.1. The minimum absolute atomic E-state index is 0.0117. The van der Waals surface area contributed by atoms with Gasteiger partial charge in [0.15, 0.2) is 0 Å². The molecule has 0 saturated heterocycles. The number of para-hydroxylation sites is 1. The molecule has 2 N–H and O–H groups in total. The summed E-state index contributed by atoms with van der Waals surface area (Å²) in [4.78, 5) is 12.6. The molecule has 0 radical (unpaired) electrons. The molecule has 0 spiro atoms. The first kappa shape index (κ1) is 15.4. The van der Waals surface area contributed by atoms with Gasteiger partial charge in [0.25, 0.3) is 5.69 Å². The summed E-state index contributed by atoms with van der Waals surface area (Å²) >= 11 is 0. The van der Waals surface area contributed by atoms with E-state index in [9.17, 15) is 10.1 Å². The SMILES string of the molecule is CC(C)CC(C)N(C)Cc1cccc([N+](=O)[O-])c1N. The largest absolute Gasteiger partial charge is 0.393 e. The van der Waals surface area contributed by atoms with Gasteiger partial charge in [0.1, 0.15) is 5.69 Å². The lowest BCUT2D eigenvalue weighted by Crippen LogP contribution is -2.30. The van der Waals surface area contributed by atoms with Crippen molar-refractivity contribution in [2.24, 2.45) is 5.92 Å². The molecule has 5 heteroatoms. The number of nitrogens with two attached hydrogens (primary N) is 1. The summed E-state index contributed by atoms with van der Waals surface area (Å²) in [6.45, 7) is 7.16. The fourth-order valence-corrected chi connectivity index (χ4v) is 2.18. The third kappa shape index (κ3) is 4.21. The zero-order chi connectivity index (χ0) is 14.6. The van der Waals surface area contributed by atoms with Crippen LogP contribution < -0.4 is 5.73 Å². The number of benzene rings is 1. The van der Waals surface area contributed by atoms with Crippen molar-refractivity contribution in [3.8, 4) is 0 Å². The number of nitro benzene ring substituents is 1. The van der Waals surface area contributed by atoms with Gasteiger partial charge in [0.05, 0.1) is 4.92 Å². The molecular formula is C14H23N3O2. The molecule has 1 rings (SSSR count). The van der Waals surface area contributed by atoms with Crippen LogP contribution in [0.5, 0.6) is 0 Å². The number of rotatable bonds is 6. The van der Waals surface area contributed by atoms with Crippen molar-refractivity contribution in [3.05, 3.63) is 33.9 Å². The highest BCUT2D eigenvalue weighted by Gasteiger charge is 2.17. The van der Waals surface area contributed by atoms with Gasteiger partial charge in [0, 0.05) is 18.7 Å². The summed E-state index contributed by atoms with van der Waals surface area (Å²) in [5.74, 6) is 0.625. The lowest BCUT2D eigenvalue weighted by Gasteiger charge is -2.26. The van der Waals surface area contributed by atoms with Crippen LogP contribution in [0.25, 0.3) is 0 Å². The average molecular weight is 265 g/mol. The van der Waals surface area contributed by atoms with E-state index in [2.05, 4.69) is 25.7 Å². The maximum absolute atomic E-state index is 10.9. The van der Waals surface area contributed by atoms with Crippen molar-refractivity contribution < 1.29 is 4.92 Å². The molecule has 0 aromatic heterocycles. The zero-order valence-corrected chi connectivity index (χ0v) is 12.1. The molecule has 1 aromatic carbocycles. The Labute approximate surface area is 114 Å². The van der Waals surface area contributed by atoms with E-state index in [-0.39, 0.29) is 11.4 Å². The molecule has 0 fully saturated rings. The first-order valence-electron chi connectivity index (χ1n) is 6.55. The molecule has 0 aliphatic carbocycles. The van der Waals surface area contributed by atoms with Crippen LogP contribution in [0.15, 0.2) is 18.2 Å². The Morgan fingerprint density at radius 1 is 1.37 bits per heavy atom. The first-order chi connectivity index (χ1) is 8.82. The molecule has 106 valence electrons. The monoisotopic (exact) mass is 265 g/mol. The summed E-state index contributed by atoms with van der Waals surface area (Å²) < 4.78 is 0. The molecule has 0 aliphatic heterocycles.